The van der Waals surface area contributed by atoms with Crippen molar-refractivity contribution in [3.05, 3.63) is 62.7 Å². The van der Waals surface area contributed by atoms with Crippen molar-refractivity contribution in [2.24, 2.45) is 0 Å². The minimum atomic E-state index is -0.296. The Kier molecular flexibility index (Phi) is 4.24. The van der Waals surface area contributed by atoms with Crippen LogP contribution < -0.4 is 5.32 Å². The molecule has 30 heavy (non-hydrogen) atoms. The standard InChI is InChI=1S/C26H34N2O2/c1-23(2)14-25(5,6)20-16(23)13-17-21(26(7,8)15-24(17,3)4)22(20)27-18-11-9-10-12-19(18)28(29)30/h9-13,27H,14-15H2,1-8H3. The summed E-state index contributed by atoms with van der Waals surface area (Å²) < 4.78 is 0. The molecule has 0 aromatic heterocycles. The summed E-state index contributed by atoms with van der Waals surface area (Å²) in [7, 11) is 0. The Morgan fingerprint density at radius 3 is 1.73 bits per heavy atom. The lowest BCUT2D eigenvalue weighted by molar-refractivity contribution is -0.383. The average Bonchev–Trinajstić information content (AvgIpc) is 2.89. The van der Waals surface area contributed by atoms with Gasteiger partial charge in [-0.2, -0.15) is 0 Å². The fourth-order valence-electron chi connectivity index (χ4n) is 6.73. The van der Waals surface area contributed by atoms with Gasteiger partial charge in [0.2, 0.25) is 0 Å². The topological polar surface area (TPSA) is 55.2 Å². The molecule has 2 aliphatic carbocycles. The van der Waals surface area contributed by atoms with Crippen molar-refractivity contribution in [1.29, 1.82) is 0 Å². The van der Waals surface area contributed by atoms with Crippen molar-refractivity contribution in [3.63, 3.8) is 0 Å². The van der Waals surface area contributed by atoms with Crippen LogP contribution in [0, 0.1) is 10.1 Å². The van der Waals surface area contributed by atoms with Gasteiger partial charge in [-0.1, -0.05) is 73.6 Å². The maximum absolute atomic E-state index is 11.7. The number of nitro benzene ring substituents is 1. The quantitative estimate of drug-likeness (QED) is 0.431. The first-order chi connectivity index (χ1) is 13.7. The van der Waals surface area contributed by atoms with Crippen LogP contribution in [0.2, 0.25) is 0 Å². The van der Waals surface area contributed by atoms with Crippen LogP contribution in [0.25, 0.3) is 0 Å². The molecule has 1 N–H and O–H groups in total. The monoisotopic (exact) mass is 406 g/mol. The molecule has 0 spiro atoms. The van der Waals surface area contributed by atoms with E-state index in [-0.39, 0.29) is 32.3 Å². The second-order valence-electron chi connectivity index (χ2n) is 11.9. The summed E-state index contributed by atoms with van der Waals surface area (Å²) in [5, 5.41) is 15.3. The molecule has 2 aliphatic rings. The molecular weight excluding hydrogens is 372 g/mol. The van der Waals surface area contributed by atoms with Crippen LogP contribution in [0.1, 0.15) is 90.5 Å². The predicted molar refractivity (Wildman–Crippen MR) is 124 cm³/mol. The minimum absolute atomic E-state index is 0.0113. The maximum Gasteiger partial charge on any atom is 0.292 e. The highest BCUT2D eigenvalue weighted by atomic mass is 16.6. The number of para-hydroxylation sites is 2. The van der Waals surface area contributed by atoms with E-state index < -0.39 is 0 Å². The number of nitro groups is 1. The second kappa shape index (κ2) is 6.09. The predicted octanol–water partition coefficient (Wildman–Crippen LogP) is 7.26. The van der Waals surface area contributed by atoms with Gasteiger partial charge < -0.3 is 5.32 Å². The van der Waals surface area contributed by atoms with E-state index in [1.165, 1.54) is 22.3 Å². The Morgan fingerprint density at radius 1 is 0.800 bits per heavy atom. The van der Waals surface area contributed by atoms with Gasteiger partial charge in [-0.25, -0.2) is 0 Å². The van der Waals surface area contributed by atoms with Crippen molar-refractivity contribution in [1.82, 2.24) is 0 Å². The highest BCUT2D eigenvalue weighted by Gasteiger charge is 2.50. The number of hydrogen-bond acceptors (Lipinski definition) is 3. The number of nitrogens with zero attached hydrogens (tertiary/aromatic N) is 1. The van der Waals surface area contributed by atoms with Crippen LogP contribution in [0.3, 0.4) is 0 Å². The van der Waals surface area contributed by atoms with Crippen LogP contribution in [-0.4, -0.2) is 4.92 Å². The van der Waals surface area contributed by atoms with Gasteiger partial charge in [-0.15, -0.1) is 0 Å². The molecule has 0 atom stereocenters. The normalized spacial score (nSPS) is 21.7. The lowest BCUT2D eigenvalue weighted by Crippen LogP contribution is -2.21. The van der Waals surface area contributed by atoms with Gasteiger partial charge in [0, 0.05) is 11.8 Å². The Balaban J connectivity index is 2.07. The molecule has 0 fully saturated rings. The summed E-state index contributed by atoms with van der Waals surface area (Å²) in [6.45, 7) is 18.6. The maximum atomic E-state index is 11.7. The molecule has 0 amide bonds. The fourth-order valence-corrected chi connectivity index (χ4v) is 6.73. The van der Waals surface area contributed by atoms with Crippen LogP contribution in [0.4, 0.5) is 17.1 Å². The average molecular weight is 407 g/mol. The first-order valence-electron chi connectivity index (χ1n) is 10.9. The highest BCUT2D eigenvalue weighted by molar-refractivity contribution is 5.80. The molecule has 4 nitrogen and oxygen atoms in total. The molecule has 0 bridgehead atoms. The molecule has 0 heterocycles. The number of nitrogens with one attached hydrogen (secondary N) is 1. The van der Waals surface area contributed by atoms with Crippen molar-refractivity contribution in [2.75, 3.05) is 5.32 Å². The van der Waals surface area contributed by atoms with Gasteiger partial charge in [-0.3, -0.25) is 10.1 Å². The fraction of sp³-hybridized carbons (Fsp3) is 0.538. The number of rotatable bonds is 3. The third kappa shape index (κ3) is 2.95. The second-order valence-corrected chi connectivity index (χ2v) is 11.9. The van der Waals surface area contributed by atoms with E-state index in [0.717, 1.165) is 18.5 Å². The molecule has 160 valence electrons. The van der Waals surface area contributed by atoms with E-state index in [1.54, 1.807) is 12.1 Å². The van der Waals surface area contributed by atoms with Gasteiger partial charge >= 0.3 is 0 Å². The van der Waals surface area contributed by atoms with Crippen LogP contribution in [0.5, 0.6) is 0 Å². The van der Waals surface area contributed by atoms with Crippen LogP contribution >= 0.6 is 0 Å². The Hall–Kier alpha value is -2.36. The van der Waals surface area contributed by atoms with E-state index in [2.05, 4.69) is 66.8 Å². The zero-order chi connectivity index (χ0) is 22.3. The summed E-state index contributed by atoms with van der Waals surface area (Å²) in [6.07, 6.45) is 2.12. The lowest BCUT2D eigenvalue weighted by Gasteiger charge is -2.30. The molecule has 0 radical (unpaired) electrons. The van der Waals surface area contributed by atoms with Gasteiger partial charge in [0.25, 0.3) is 5.69 Å². The molecule has 2 aromatic rings. The van der Waals surface area contributed by atoms with Crippen molar-refractivity contribution < 1.29 is 4.92 Å². The molecular formula is C26H34N2O2. The van der Waals surface area contributed by atoms with Crippen molar-refractivity contribution in [3.8, 4) is 0 Å². The van der Waals surface area contributed by atoms with E-state index in [4.69, 9.17) is 0 Å². The molecule has 4 heteroatoms. The zero-order valence-electron chi connectivity index (χ0n) is 19.6. The zero-order valence-corrected chi connectivity index (χ0v) is 19.6. The summed E-state index contributed by atoms with van der Waals surface area (Å²) in [4.78, 5) is 11.4. The van der Waals surface area contributed by atoms with Crippen molar-refractivity contribution in [2.45, 2.75) is 89.9 Å². The Morgan fingerprint density at radius 2 is 1.27 bits per heavy atom. The largest absolute Gasteiger partial charge is 0.349 e. The summed E-state index contributed by atoms with van der Waals surface area (Å²) in [5.74, 6) is 0. The number of benzene rings is 2. The highest BCUT2D eigenvalue weighted by Crippen LogP contribution is 2.60. The lowest BCUT2D eigenvalue weighted by atomic mass is 9.78. The summed E-state index contributed by atoms with van der Waals surface area (Å²) >= 11 is 0. The van der Waals surface area contributed by atoms with E-state index in [1.807, 2.05) is 12.1 Å². The van der Waals surface area contributed by atoms with Crippen LogP contribution in [-0.2, 0) is 21.7 Å². The van der Waals surface area contributed by atoms with Crippen molar-refractivity contribution >= 4 is 17.1 Å². The van der Waals surface area contributed by atoms with E-state index >= 15 is 0 Å². The molecule has 0 unspecified atom stereocenters. The summed E-state index contributed by atoms with van der Waals surface area (Å²) in [5.41, 5.74) is 7.33. The van der Waals surface area contributed by atoms with Crippen LogP contribution in [0.15, 0.2) is 30.3 Å². The van der Waals surface area contributed by atoms with Gasteiger partial charge in [0.05, 0.1) is 4.92 Å². The third-order valence-electron chi connectivity index (χ3n) is 7.27. The van der Waals surface area contributed by atoms with Gasteiger partial charge in [0.1, 0.15) is 5.69 Å². The number of hydrogen-bond donors (Lipinski definition) is 1. The Labute approximate surface area is 180 Å². The minimum Gasteiger partial charge on any atom is -0.349 e. The SMILES string of the molecule is CC1(C)CC(C)(C)c2c1cc1c(c2Nc2ccccc2[N+](=O)[O-])C(C)(C)CC1(C)C. The van der Waals surface area contributed by atoms with Gasteiger partial charge in [-0.05, 0) is 62.8 Å². The first-order valence-corrected chi connectivity index (χ1v) is 10.9. The molecule has 0 saturated carbocycles. The smallest absolute Gasteiger partial charge is 0.292 e. The van der Waals surface area contributed by atoms with E-state index in [0.29, 0.717) is 5.69 Å². The number of fused-ring (bicyclic) bond motifs is 2. The molecule has 0 saturated heterocycles. The Bertz CT molecular complexity index is 1010. The molecule has 2 aromatic carbocycles. The molecule has 4 rings (SSSR count). The molecule has 0 aliphatic heterocycles. The van der Waals surface area contributed by atoms with E-state index in [9.17, 15) is 10.1 Å². The summed E-state index contributed by atoms with van der Waals surface area (Å²) in [6, 6.07) is 9.45. The first kappa shape index (κ1) is 20.9. The van der Waals surface area contributed by atoms with Gasteiger partial charge in [0.15, 0.2) is 0 Å². The number of anilines is 2. The third-order valence-corrected chi connectivity index (χ3v) is 7.27.